The lowest BCUT2D eigenvalue weighted by Gasteiger charge is -2.28. The summed E-state index contributed by atoms with van der Waals surface area (Å²) in [6, 6.07) is 14.2. The van der Waals surface area contributed by atoms with Crippen LogP contribution in [0.25, 0.3) is 37.6 Å². The smallest absolute Gasteiger partial charge is 0.470 e. The number of hydrogen-bond donors (Lipinski definition) is 0. The van der Waals surface area contributed by atoms with Gasteiger partial charge < -0.3 is 48.1 Å². The molecule has 3 aromatic carbocycles. The van der Waals surface area contributed by atoms with Crippen LogP contribution in [0.5, 0.6) is 11.5 Å². The number of carbonyl (C=O) groups is 3. The van der Waals surface area contributed by atoms with E-state index < -0.39 is 95.6 Å². The van der Waals surface area contributed by atoms with Crippen LogP contribution in [0.15, 0.2) is 96.9 Å². The van der Waals surface area contributed by atoms with Crippen LogP contribution in [-0.4, -0.2) is 104 Å². The Hall–Kier alpha value is -9.20. The number of carbonyl (C=O) groups excluding carboxylic acids is 3. The fourth-order valence-electron chi connectivity index (χ4n) is 6.41. The summed E-state index contributed by atoms with van der Waals surface area (Å²) in [7, 11) is 3.57. The van der Waals surface area contributed by atoms with Crippen molar-refractivity contribution in [3.8, 4) is 17.6 Å². The number of alkyl halides is 6. The van der Waals surface area contributed by atoms with Gasteiger partial charge in [-0.2, -0.15) is 5.26 Å². The van der Waals surface area contributed by atoms with Crippen molar-refractivity contribution in [1.29, 1.82) is 5.26 Å². The third-order valence-electron chi connectivity index (χ3n) is 10.3. The Balaban J connectivity index is 2.05. The van der Waals surface area contributed by atoms with E-state index in [2.05, 4.69) is 42.0 Å². The molecule has 0 spiro atoms. The number of rotatable bonds is 25. The van der Waals surface area contributed by atoms with Crippen LogP contribution in [0, 0.1) is 50.0 Å². The molecule has 0 aromatic heterocycles. The summed E-state index contributed by atoms with van der Waals surface area (Å²) in [5.74, 6) is -6.15. The summed E-state index contributed by atoms with van der Waals surface area (Å²) in [6.07, 6.45) is -5.42. The number of ether oxygens (including phenoxy) is 5. The Bertz CT molecular complexity index is 2850. The van der Waals surface area contributed by atoms with Crippen LogP contribution in [0.1, 0.15) is 29.2 Å². The number of likely N-dealkylation sites (N-methyl/N-ethyl adjacent to an activating group) is 2. The molecule has 3 aromatic rings. The standard InChI is InChI=1S/C52H48F6N8O8/c1-11-21-66(22-12-2)44-30-45(73-51(53,54)55)38(29-46(44)74-52(56,57)58)27-39(31-59)47(67)70-32-50(4,33-71-48(68)42(62-7)26-36-13-16-40(17-14-36)64(9)23-19-60-5)34-72-49(69)43(63-8)28-37-15-18-41(25-35(37)3)65(10)24-20-61-6/h11-18,25-30H,1-2,19-24,32-34H2,3-4,9-10H3/b39-27+,42-26-,43-28-. The third kappa shape index (κ3) is 18.5. The second-order valence-corrected chi connectivity index (χ2v) is 16.2. The third-order valence-corrected chi connectivity index (χ3v) is 10.3. The summed E-state index contributed by atoms with van der Waals surface area (Å²) in [5, 5.41) is 10.0. The maximum absolute atomic E-state index is 13.8. The fraction of sp³-hybridized carbons (Fsp3) is 0.308. The van der Waals surface area contributed by atoms with Crippen LogP contribution >= 0.6 is 0 Å². The molecule has 0 aliphatic rings. The molecule has 0 fully saturated rings. The monoisotopic (exact) mass is 1030 g/mol. The average molecular weight is 1030 g/mol. The van der Waals surface area contributed by atoms with E-state index in [1.807, 2.05) is 9.80 Å². The first kappa shape index (κ1) is 59.1. The summed E-state index contributed by atoms with van der Waals surface area (Å²) < 4.78 is 107. The van der Waals surface area contributed by atoms with Crippen LogP contribution in [0.3, 0.4) is 0 Å². The van der Waals surface area contributed by atoms with Gasteiger partial charge in [0.25, 0.3) is 11.4 Å². The molecule has 16 nitrogen and oxygen atoms in total. The predicted molar refractivity (Wildman–Crippen MR) is 263 cm³/mol. The van der Waals surface area contributed by atoms with Gasteiger partial charge in [0.05, 0.1) is 37.3 Å². The lowest BCUT2D eigenvalue weighted by molar-refractivity contribution is -0.276. The highest BCUT2D eigenvalue weighted by Crippen LogP contribution is 2.41. The van der Waals surface area contributed by atoms with E-state index in [4.69, 9.17) is 40.5 Å². The number of halogens is 6. The minimum Gasteiger partial charge on any atom is -0.470 e. The molecule has 22 heteroatoms. The summed E-state index contributed by atoms with van der Waals surface area (Å²) >= 11 is 0. The van der Waals surface area contributed by atoms with Gasteiger partial charge in [0.1, 0.15) is 37.2 Å². The molecular formula is C52H48F6N8O8. The molecule has 0 N–H and O–H groups in total. The largest absolute Gasteiger partial charge is 0.573 e. The Labute approximate surface area is 424 Å². The van der Waals surface area contributed by atoms with E-state index in [1.54, 1.807) is 63.5 Å². The predicted octanol–water partition coefficient (Wildman–Crippen LogP) is 10.1. The van der Waals surface area contributed by atoms with Crippen molar-refractivity contribution >= 4 is 53.2 Å². The van der Waals surface area contributed by atoms with Crippen molar-refractivity contribution in [3.63, 3.8) is 0 Å². The van der Waals surface area contributed by atoms with Crippen molar-refractivity contribution in [2.75, 3.05) is 87.9 Å². The summed E-state index contributed by atoms with van der Waals surface area (Å²) in [6.45, 7) is 38.0. The van der Waals surface area contributed by atoms with E-state index in [0.29, 0.717) is 48.0 Å². The molecule has 1 atom stereocenters. The summed E-state index contributed by atoms with van der Waals surface area (Å²) in [5.41, 5.74) is -2.30. The summed E-state index contributed by atoms with van der Waals surface area (Å²) in [4.78, 5) is 58.4. The quantitative estimate of drug-likeness (QED) is 0.0151. The number of anilines is 3. The average Bonchev–Trinajstić information content (AvgIpc) is 3.35. The molecule has 0 saturated heterocycles. The first-order valence-corrected chi connectivity index (χ1v) is 21.7. The minimum absolute atomic E-state index is 0.207. The number of aryl methyl sites for hydroxylation is 1. The maximum atomic E-state index is 13.8. The van der Waals surface area contributed by atoms with Gasteiger partial charge in [-0.3, -0.25) is 9.59 Å². The zero-order valence-corrected chi connectivity index (χ0v) is 40.5. The van der Waals surface area contributed by atoms with E-state index >= 15 is 0 Å². The molecule has 0 heterocycles. The van der Waals surface area contributed by atoms with E-state index in [1.165, 1.54) is 37.3 Å². The van der Waals surface area contributed by atoms with Crippen LogP contribution in [0.2, 0.25) is 0 Å². The number of nitrogens with zero attached hydrogens (tertiary/aromatic N) is 8. The van der Waals surface area contributed by atoms with Crippen LogP contribution < -0.4 is 24.2 Å². The Kier molecular flexibility index (Phi) is 21.9. The lowest BCUT2D eigenvalue weighted by Crippen LogP contribution is -2.37. The number of nitriles is 1. The van der Waals surface area contributed by atoms with Gasteiger partial charge in [0.2, 0.25) is 13.1 Å². The highest BCUT2D eigenvalue weighted by molar-refractivity contribution is 5.99. The van der Waals surface area contributed by atoms with Gasteiger partial charge in [-0.15, -0.1) is 39.5 Å². The van der Waals surface area contributed by atoms with Gasteiger partial charge in [-0.05, 0) is 79.1 Å². The minimum atomic E-state index is -5.44. The van der Waals surface area contributed by atoms with Gasteiger partial charge in [-0.1, -0.05) is 30.4 Å². The lowest BCUT2D eigenvalue weighted by atomic mass is 9.94. The van der Waals surface area contributed by atoms with Crippen molar-refractivity contribution in [1.82, 2.24) is 0 Å². The molecule has 0 radical (unpaired) electrons. The Morgan fingerprint density at radius 1 is 0.676 bits per heavy atom. The van der Waals surface area contributed by atoms with Crippen molar-refractivity contribution in [2.24, 2.45) is 5.41 Å². The molecule has 0 aliphatic carbocycles. The Morgan fingerprint density at radius 2 is 1.16 bits per heavy atom. The zero-order valence-electron chi connectivity index (χ0n) is 40.5. The van der Waals surface area contributed by atoms with Gasteiger partial charge in [0.15, 0.2) is 5.75 Å². The second kappa shape index (κ2) is 27.4. The van der Waals surface area contributed by atoms with Gasteiger partial charge in [0, 0.05) is 50.2 Å². The van der Waals surface area contributed by atoms with E-state index in [-0.39, 0.29) is 26.2 Å². The topological polar surface area (TPSA) is 148 Å². The number of hydrogen-bond acceptors (Lipinski definition) is 12. The first-order chi connectivity index (χ1) is 34.9. The maximum Gasteiger partial charge on any atom is 0.573 e. The van der Waals surface area contributed by atoms with Crippen molar-refractivity contribution < 1.29 is 64.4 Å². The molecule has 1 unspecified atom stereocenters. The highest BCUT2D eigenvalue weighted by atomic mass is 19.4. The fourth-order valence-corrected chi connectivity index (χ4v) is 6.41. The molecular weight excluding hydrogens is 979 g/mol. The molecule has 74 heavy (non-hydrogen) atoms. The molecule has 3 rings (SSSR count). The molecule has 0 bridgehead atoms. The first-order valence-electron chi connectivity index (χ1n) is 21.7. The number of esters is 3. The second-order valence-electron chi connectivity index (χ2n) is 16.2. The van der Waals surface area contributed by atoms with Gasteiger partial charge >= 0.3 is 30.6 Å². The van der Waals surface area contributed by atoms with Crippen molar-refractivity contribution in [2.45, 2.75) is 26.6 Å². The highest BCUT2D eigenvalue weighted by Gasteiger charge is 2.37. The zero-order chi connectivity index (χ0) is 55.2. The van der Waals surface area contributed by atoms with Crippen LogP contribution in [-0.2, 0) is 28.6 Å². The van der Waals surface area contributed by atoms with E-state index in [9.17, 15) is 46.0 Å². The van der Waals surface area contributed by atoms with Crippen LogP contribution in [0.4, 0.5) is 43.4 Å². The normalized spacial score (nSPS) is 12.4. The molecule has 386 valence electrons. The van der Waals surface area contributed by atoms with Crippen molar-refractivity contribution in [3.05, 3.63) is 165 Å². The van der Waals surface area contributed by atoms with E-state index in [0.717, 1.165) is 16.3 Å². The Morgan fingerprint density at radius 3 is 1.64 bits per heavy atom. The molecule has 0 aliphatic heterocycles. The molecule has 0 saturated carbocycles. The van der Waals surface area contributed by atoms with Gasteiger partial charge in [-0.25, -0.2) is 27.6 Å². The molecule has 0 amide bonds. The number of benzene rings is 3. The SMILES string of the molecule is [C-]#[N+]CCN(C)c1ccc(/C=C(\[N+]#[C-])C(=O)OCC(C)(COC(=O)/C(=C/c2ccc(N(C)CC[N+]#[C-])cc2C)[N+]#[C-])COC(=O)/C(C#N)=C/c2cc(OC(F)(F)F)c(N(CC=C)CC=C)cc2OC(F)(F)F)cc1.